The van der Waals surface area contributed by atoms with Crippen molar-refractivity contribution in [2.24, 2.45) is 5.92 Å². The quantitative estimate of drug-likeness (QED) is 0.915. The summed E-state index contributed by atoms with van der Waals surface area (Å²) in [5.41, 5.74) is 2.31. The minimum atomic E-state index is 0.211. The Hall–Kier alpha value is -1.01. The number of nitrogens with zero attached hydrogens (tertiary/aromatic N) is 3. The molecule has 1 N–H and O–H groups in total. The smallest absolute Gasteiger partial charge is 0.223 e. The summed E-state index contributed by atoms with van der Waals surface area (Å²) in [6.45, 7) is 3.67. The van der Waals surface area contributed by atoms with Crippen LogP contribution in [0.3, 0.4) is 0 Å². The van der Waals surface area contributed by atoms with E-state index in [4.69, 9.17) is 0 Å². The fourth-order valence-corrected chi connectivity index (χ4v) is 4.94. The van der Waals surface area contributed by atoms with Gasteiger partial charge in [0.05, 0.1) is 24.5 Å². The van der Waals surface area contributed by atoms with Gasteiger partial charge in [0.1, 0.15) is 0 Å². The van der Waals surface area contributed by atoms with Gasteiger partial charge in [-0.3, -0.25) is 14.4 Å². The van der Waals surface area contributed by atoms with Crippen molar-refractivity contribution in [2.75, 3.05) is 18.1 Å². The van der Waals surface area contributed by atoms with E-state index < -0.39 is 0 Å². The van der Waals surface area contributed by atoms with Crippen molar-refractivity contribution in [3.05, 3.63) is 17.5 Å². The summed E-state index contributed by atoms with van der Waals surface area (Å²) >= 11 is 2.09. The Labute approximate surface area is 142 Å². The molecule has 5 nitrogen and oxygen atoms in total. The first-order chi connectivity index (χ1) is 11.3. The van der Waals surface area contributed by atoms with Crippen molar-refractivity contribution in [1.82, 2.24) is 20.0 Å². The fraction of sp³-hybridized carbons (Fsp3) is 0.765. The first-order valence-electron chi connectivity index (χ1n) is 8.95. The molecule has 23 heavy (non-hydrogen) atoms. The normalized spacial score (nSPS) is 25.7. The van der Waals surface area contributed by atoms with Crippen LogP contribution in [0, 0.1) is 5.92 Å². The second-order valence-electron chi connectivity index (χ2n) is 7.04. The minimum Gasteiger partial charge on any atom is -0.350 e. The summed E-state index contributed by atoms with van der Waals surface area (Å²) in [6.07, 6.45) is 6.00. The van der Waals surface area contributed by atoms with Crippen molar-refractivity contribution >= 4 is 17.7 Å². The van der Waals surface area contributed by atoms with E-state index in [1.165, 1.54) is 36.5 Å². The van der Waals surface area contributed by atoms with Crippen LogP contribution in [0.2, 0.25) is 0 Å². The van der Waals surface area contributed by atoms with Crippen LogP contribution in [0.5, 0.6) is 0 Å². The average molecular weight is 334 g/mol. The Morgan fingerprint density at radius 3 is 2.96 bits per heavy atom. The summed E-state index contributed by atoms with van der Waals surface area (Å²) in [5, 5.41) is 7.73. The zero-order chi connectivity index (χ0) is 15.6. The maximum Gasteiger partial charge on any atom is 0.223 e. The summed E-state index contributed by atoms with van der Waals surface area (Å²) in [5.74, 6) is 3.07. The van der Waals surface area contributed by atoms with Gasteiger partial charge in [-0.15, -0.1) is 0 Å². The molecule has 1 aromatic heterocycles. The van der Waals surface area contributed by atoms with E-state index in [1.807, 2.05) is 0 Å². The molecule has 126 valence electrons. The molecule has 1 saturated heterocycles. The molecule has 2 aliphatic heterocycles. The fourth-order valence-electron chi connectivity index (χ4n) is 3.75. The number of hydrogen-bond donors (Lipinski definition) is 1. The van der Waals surface area contributed by atoms with Crippen LogP contribution < -0.4 is 5.32 Å². The van der Waals surface area contributed by atoms with Gasteiger partial charge < -0.3 is 5.32 Å². The zero-order valence-corrected chi connectivity index (χ0v) is 14.5. The van der Waals surface area contributed by atoms with Crippen molar-refractivity contribution < 1.29 is 4.79 Å². The number of carbonyl (C=O) groups is 1. The van der Waals surface area contributed by atoms with E-state index in [0.717, 1.165) is 44.2 Å². The topological polar surface area (TPSA) is 50.2 Å². The Bertz CT molecular complexity index is 563. The SMILES string of the molecule is O=C(NCc1cc2n(n1)CCN(C1CCCSC1)C2)C1CCC1. The molecule has 1 atom stereocenters. The Kier molecular flexibility index (Phi) is 4.62. The van der Waals surface area contributed by atoms with Gasteiger partial charge in [0, 0.05) is 30.8 Å². The van der Waals surface area contributed by atoms with Crippen LogP contribution in [0.4, 0.5) is 0 Å². The van der Waals surface area contributed by atoms with Gasteiger partial charge >= 0.3 is 0 Å². The lowest BCUT2D eigenvalue weighted by molar-refractivity contribution is -0.127. The molecule has 0 aromatic carbocycles. The summed E-state index contributed by atoms with van der Waals surface area (Å²) in [7, 11) is 0. The Balaban J connectivity index is 1.34. The highest BCUT2D eigenvalue weighted by Gasteiger charge is 2.27. The van der Waals surface area contributed by atoms with E-state index in [2.05, 4.69) is 37.8 Å². The third-order valence-electron chi connectivity index (χ3n) is 5.45. The summed E-state index contributed by atoms with van der Waals surface area (Å²) < 4.78 is 2.14. The molecule has 0 spiro atoms. The molecule has 6 heteroatoms. The number of hydrogen-bond acceptors (Lipinski definition) is 4. The predicted octanol–water partition coefficient (Wildman–Crippen LogP) is 2.01. The molecule has 3 heterocycles. The number of aromatic nitrogens is 2. The predicted molar refractivity (Wildman–Crippen MR) is 92.2 cm³/mol. The van der Waals surface area contributed by atoms with Gasteiger partial charge in [-0.05, 0) is 37.5 Å². The van der Waals surface area contributed by atoms with Crippen LogP contribution in [0.15, 0.2) is 6.07 Å². The molecule has 1 aromatic rings. The number of nitrogens with one attached hydrogen (secondary N) is 1. The lowest BCUT2D eigenvalue weighted by Crippen LogP contribution is -2.43. The van der Waals surface area contributed by atoms with Crippen LogP contribution in [-0.2, 0) is 24.4 Å². The maximum absolute atomic E-state index is 11.9. The number of amides is 1. The summed E-state index contributed by atoms with van der Waals surface area (Å²) in [6, 6.07) is 2.92. The highest BCUT2D eigenvalue weighted by atomic mass is 32.2. The Morgan fingerprint density at radius 2 is 2.22 bits per heavy atom. The van der Waals surface area contributed by atoms with E-state index in [-0.39, 0.29) is 11.8 Å². The second kappa shape index (κ2) is 6.85. The van der Waals surface area contributed by atoms with E-state index >= 15 is 0 Å². The zero-order valence-electron chi connectivity index (χ0n) is 13.7. The van der Waals surface area contributed by atoms with Gasteiger partial charge in [-0.25, -0.2) is 0 Å². The number of fused-ring (bicyclic) bond motifs is 1. The molecular formula is C17H26N4OS. The third kappa shape index (κ3) is 3.43. The van der Waals surface area contributed by atoms with Gasteiger partial charge in [0.25, 0.3) is 0 Å². The lowest BCUT2D eigenvalue weighted by Gasteiger charge is -2.36. The van der Waals surface area contributed by atoms with E-state index in [9.17, 15) is 4.79 Å². The monoisotopic (exact) mass is 334 g/mol. The first-order valence-corrected chi connectivity index (χ1v) is 10.1. The highest BCUT2D eigenvalue weighted by molar-refractivity contribution is 7.99. The van der Waals surface area contributed by atoms with Crippen LogP contribution in [0.25, 0.3) is 0 Å². The van der Waals surface area contributed by atoms with Gasteiger partial charge in [-0.2, -0.15) is 16.9 Å². The van der Waals surface area contributed by atoms with Crippen molar-refractivity contribution in [2.45, 2.75) is 57.8 Å². The van der Waals surface area contributed by atoms with Crippen LogP contribution >= 0.6 is 11.8 Å². The van der Waals surface area contributed by atoms with Crippen molar-refractivity contribution in [3.63, 3.8) is 0 Å². The molecule has 4 rings (SSSR count). The third-order valence-corrected chi connectivity index (χ3v) is 6.65. The molecule has 1 aliphatic carbocycles. The largest absolute Gasteiger partial charge is 0.350 e. The van der Waals surface area contributed by atoms with Gasteiger partial charge in [-0.1, -0.05) is 6.42 Å². The highest BCUT2D eigenvalue weighted by Crippen LogP contribution is 2.27. The number of thioether (sulfide) groups is 1. The minimum absolute atomic E-state index is 0.211. The van der Waals surface area contributed by atoms with Gasteiger partial charge in [0.2, 0.25) is 5.91 Å². The standard InChI is InChI=1S/C17H26N4OS/c22-17(13-3-1-4-13)18-10-14-9-16-11-20(6-7-21(16)19-14)15-5-2-8-23-12-15/h9,13,15H,1-8,10-12H2,(H,18,22). The number of carbonyl (C=O) groups excluding carboxylic acids is 1. The van der Waals surface area contributed by atoms with Crippen molar-refractivity contribution in [1.29, 1.82) is 0 Å². The summed E-state index contributed by atoms with van der Waals surface area (Å²) in [4.78, 5) is 14.6. The maximum atomic E-state index is 11.9. The average Bonchev–Trinajstić information content (AvgIpc) is 2.94. The Morgan fingerprint density at radius 1 is 1.30 bits per heavy atom. The molecule has 1 amide bonds. The molecule has 1 saturated carbocycles. The van der Waals surface area contributed by atoms with E-state index in [1.54, 1.807) is 0 Å². The van der Waals surface area contributed by atoms with Crippen LogP contribution in [-0.4, -0.2) is 44.7 Å². The van der Waals surface area contributed by atoms with Crippen LogP contribution in [0.1, 0.15) is 43.5 Å². The second-order valence-corrected chi connectivity index (χ2v) is 8.19. The molecular weight excluding hydrogens is 308 g/mol. The lowest BCUT2D eigenvalue weighted by atomic mass is 9.85. The molecule has 1 unspecified atom stereocenters. The molecule has 3 aliphatic rings. The van der Waals surface area contributed by atoms with Gasteiger partial charge in [0.15, 0.2) is 0 Å². The molecule has 0 bridgehead atoms. The first kappa shape index (κ1) is 15.5. The molecule has 2 fully saturated rings. The van der Waals surface area contributed by atoms with E-state index in [0.29, 0.717) is 6.54 Å². The molecule has 0 radical (unpaired) electrons. The van der Waals surface area contributed by atoms with Crippen molar-refractivity contribution in [3.8, 4) is 0 Å². The number of rotatable bonds is 4.